The van der Waals surface area contributed by atoms with E-state index >= 15 is 0 Å². The first-order valence-corrected chi connectivity index (χ1v) is 5.77. The summed E-state index contributed by atoms with van der Waals surface area (Å²) in [6.45, 7) is 6.72. The lowest BCUT2D eigenvalue weighted by atomic mass is 9.70. The van der Waals surface area contributed by atoms with Crippen molar-refractivity contribution in [2.45, 2.75) is 40.0 Å². The third-order valence-electron chi connectivity index (χ3n) is 3.61. The average molecular weight is 197 g/mol. The van der Waals surface area contributed by atoms with Crippen molar-refractivity contribution in [3.05, 3.63) is 0 Å². The van der Waals surface area contributed by atoms with E-state index in [0.717, 1.165) is 6.42 Å². The Balaban J connectivity index is 2.68. The zero-order valence-corrected chi connectivity index (χ0v) is 9.84. The first-order valence-electron chi connectivity index (χ1n) is 5.77. The predicted octanol–water partition coefficient (Wildman–Crippen LogP) is 2.44. The number of amides is 1. The van der Waals surface area contributed by atoms with E-state index in [2.05, 4.69) is 26.1 Å². The standard InChI is InChI=1S/C12H23NO/c1-8(2)10-6-5-9(3)7-11(10)12(14)13-4/h8-11H,5-7H2,1-4H3,(H,13,14). The van der Waals surface area contributed by atoms with Crippen LogP contribution in [0.25, 0.3) is 0 Å². The molecule has 1 aliphatic rings. The van der Waals surface area contributed by atoms with Crippen molar-refractivity contribution in [1.82, 2.24) is 5.32 Å². The van der Waals surface area contributed by atoms with Crippen LogP contribution in [0, 0.1) is 23.7 Å². The molecule has 0 spiro atoms. The minimum Gasteiger partial charge on any atom is -0.359 e. The van der Waals surface area contributed by atoms with Crippen LogP contribution in [-0.4, -0.2) is 13.0 Å². The molecule has 1 N–H and O–H groups in total. The van der Waals surface area contributed by atoms with Crippen LogP contribution in [0.2, 0.25) is 0 Å². The molecule has 0 aromatic rings. The Morgan fingerprint density at radius 2 is 2.00 bits per heavy atom. The highest BCUT2D eigenvalue weighted by molar-refractivity contribution is 5.78. The Morgan fingerprint density at radius 1 is 1.36 bits per heavy atom. The highest BCUT2D eigenvalue weighted by Gasteiger charge is 2.34. The van der Waals surface area contributed by atoms with E-state index in [1.165, 1.54) is 12.8 Å². The molecule has 1 saturated carbocycles. The summed E-state index contributed by atoms with van der Waals surface area (Å²) in [5.74, 6) is 2.43. The summed E-state index contributed by atoms with van der Waals surface area (Å²) in [7, 11) is 1.75. The van der Waals surface area contributed by atoms with Crippen molar-refractivity contribution in [3.8, 4) is 0 Å². The summed E-state index contributed by atoms with van der Waals surface area (Å²) in [6.07, 6.45) is 3.58. The number of carbonyl (C=O) groups is 1. The van der Waals surface area contributed by atoms with Gasteiger partial charge in [-0.1, -0.05) is 27.2 Å². The number of nitrogens with one attached hydrogen (secondary N) is 1. The molecule has 0 aromatic carbocycles. The molecule has 0 heterocycles. The van der Waals surface area contributed by atoms with Crippen LogP contribution in [0.1, 0.15) is 40.0 Å². The normalized spacial score (nSPS) is 33.1. The SMILES string of the molecule is CNC(=O)C1CC(C)CCC1C(C)C. The minimum absolute atomic E-state index is 0.246. The van der Waals surface area contributed by atoms with Gasteiger partial charge in [0, 0.05) is 13.0 Å². The fourth-order valence-corrected chi connectivity index (χ4v) is 2.69. The van der Waals surface area contributed by atoms with Crippen molar-refractivity contribution in [2.75, 3.05) is 7.05 Å². The summed E-state index contributed by atoms with van der Waals surface area (Å²) in [5.41, 5.74) is 0. The van der Waals surface area contributed by atoms with Gasteiger partial charge in [0.25, 0.3) is 0 Å². The van der Waals surface area contributed by atoms with Crippen molar-refractivity contribution in [2.24, 2.45) is 23.7 Å². The molecule has 2 nitrogen and oxygen atoms in total. The molecule has 1 rings (SSSR count). The van der Waals surface area contributed by atoms with Crippen molar-refractivity contribution >= 4 is 5.91 Å². The van der Waals surface area contributed by atoms with Crippen LogP contribution >= 0.6 is 0 Å². The Bertz CT molecular complexity index is 200. The van der Waals surface area contributed by atoms with Crippen molar-refractivity contribution in [1.29, 1.82) is 0 Å². The zero-order valence-electron chi connectivity index (χ0n) is 9.84. The molecule has 3 unspecified atom stereocenters. The fraction of sp³-hybridized carbons (Fsp3) is 0.917. The fourth-order valence-electron chi connectivity index (χ4n) is 2.69. The molecule has 0 aromatic heterocycles. The third-order valence-corrected chi connectivity index (χ3v) is 3.61. The molecule has 14 heavy (non-hydrogen) atoms. The molecule has 82 valence electrons. The summed E-state index contributed by atoms with van der Waals surface area (Å²) < 4.78 is 0. The number of hydrogen-bond donors (Lipinski definition) is 1. The van der Waals surface area contributed by atoms with E-state index in [4.69, 9.17) is 0 Å². The number of rotatable bonds is 2. The molecular weight excluding hydrogens is 174 g/mol. The van der Waals surface area contributed by atoms with Gasteiger partial charge in [-0.2, -0.15) is 0 Å². The number of hydrogen-bond acceptors (Lipinski definition) is 1. The van der Waals surface area contributed by atoms with Gasteiger partial charge in [-0.15, -0.1) is 0 Å². The lowest BCUT2D eigenvalue weighted by Gasteiger charge is -2.36. The first kappa shape index (κ1) is 11.5. The van der Waals surface area contributed by atoms with E-state index in [9.17, 15) is 4.79 Å². The van der Waals surface area contributed by atoms with Crippen LogP contribution in [0.15, 0.2) is 0 Å². The summed E-state index contributed by atoms with van der Waals surface area (Å²) >= 11 is 0. The second-order valence-corrected chi connectivity index (χ2v) is 5.05. The van der Waals surface area contributed by atoms with Crippen LogP contribution in [0.5, 0.6) is 0 Å². The number of carbonyl (C=O) groups excluding carboxylic acids is 1. The molecule has 0 radical (unpaired) electrons. The highest BCUT2D eigenvalue weighted by atomic mass is 16.1. The van der Waals surface area contributed by atoms with Gasteiger partial charge in [-0.3, -0.25) is 4.79 Å². The maximum atomic E-state index is 11.7. The maximum Gasteiger partial charge on any atom is 0.223 e. The van der Waals surface area contributed by atoms with E-state index in [0.29, 0.717) is 17.8 Å². The van der Waals surface area contributed by atoms with E-state index < -0.39 is 0 Å². The molecule has 1 aliphatic carbocycles. The van der Waals surface area contributed by atoms with Crippen LogP contribution in [-0.2, 0) is 4.79 Å². The van der Waals surface area contributed by atoms with Gasteiger partial charge >= 0.3 is 0 Å². The smallest absolute Gasteiger partial charge is 0.223 e. The largest absolute Gasteiger partial charge is 0.359 e. The average Bonchev–Trinajstić information content (AvgIpc) is 2.16. The summed E-state index contributed by atoms with van der Waals surface area (Å²) in [5, 5.41) is 2.80. The van der Waals surface area contributed by atoms with Gasteiger partial charge in [-0.25, -0.2) is 0 Å². The third kappa shape index (κ3) is 2.49. The van der Waals surface area contributed by atoms with Gasteiger partial charge < -0.3 is 5.32 Å². The maximum absolute atomic E-state index is 11.7. The summed E-state index contributed by atoms with van der Waals surface area (Å²) in [6, 6.07) is 0. The van der Waals surface area contributed by atoms with Crippen LogP contribution in [0.3, 0.4) is 0 Å². The lowest BCUT2D eigenvalue weighted by molar-refractivity contribution is -0.128. The second kappa shape index (κ2) is 4.81. The predicted molar refractivity (Wildman–Crippen MR) is 58.9 cm³/mol. The van der Waals surface area contributed by atoms with Crippen LogP contribution in [0.4, 0.5) is 0 Å². The van der Waals surface area contributed by atoms with Crippen molar-refractivity contribution < 1.29 is 4.79 Å². The van der Waals surface area contributed by atoms with Gasteiger partial charge in [0.1, 0.15) is 0 Å². The molecule has 2 heteroatoms. The van der Waals surface area contributed by atoms with Gasteiger partial charge in [-0.05, 0) is 30.6 Å². The molecular formula is C12H23NO. The summed E-state index contributed by atoms with van der Waals surface area (Å²) in [4.78, 5) is 11.7. The molecule has 0 bridgehead atoms. The van der Waals surface area contributed by atoms with Gasteiger partial charge in [0.05, 0.1) is 0 Å². The van der Waals surface area contributed by atoms with E-state index in [1.807, 2.05) is 0 Å². The Morgan fingerprint density at radius 3 is 2.50 bits per heavy atom. The monoisotopic (exact) mass is 197 g/mol. The quantitative estimate of drug-likeness (QED) is 0.724. The molecule has 0 aliphatic heterocycles. The van der Waals surface area contributed by atoms with Gasteiger partial charge in [0.15, 0.2) is 0 Å². The molecule has 0 saturated heterocycles. The van der Waals surface area contributed by atoms with E-state index in [1.54, 1.807) is 7.05 Å². The lowest BCUT2D eigenvalue weighted by Crippen LogP contribution is -2.38. The van der Waals surface area contributed by atoms with Crippen molar-refractivity contribution in [3.63, 3.8) is 0 Å². The van der Waals surface area contributed by atoms with E-state index in [-0.39, 0.29) is 11.8 Å². The highest BCUT2D eigenvalue weighted by Crippen LogP contribution is 2.37. The molecule has 3 atom stereocenters. The Hall–Kier alpha value is -0.530. The zero-order chi connectivity index (χ0) is 10.7. The first-order chi connectivity index (χ1) is 6.56. The Labute approximate surface area is 87.5 Å². The minimum atomic E-state index is 0.246. The van der Waals surface area contributed by atoms with Gasteiger partial charge in [0.2, 0.25) is 5.91 Å². The molecule has 1 amide bonds. The molecule has 1 fully saturated rings. The second-order valence-electron chi connectivity index (χ2n) is 5.05. The Kier molecular flexibility index (Phi) is 3.97. The topological polar surface area (TPSA) is 29.1 Å². The van der Waals surface area contributed by atoms with Crippen LogP contribution < -0.4 is 5.32 Å².